The Morgan fingerprint density at radius 1 is 1.50 bits per heavy atom. The Morgan fingerprint density at radius 3 is 2.88 bits per heavy atom. The molecular formula is C13H18FNO. The normalized spacial score (nSPS) is 13.0. The molecule has 1 aromatic rings. The standard InChI is InChI=1S/C13H18FNO/c1-4-5-8-16-13-7-6-11(14)9-12(13)10(2)15-3/h4-7,9-10,15H,8H2,1-3H3. The fourth-order valence-corrected chi connectivity index (χ4v) is 1.38. The predicted molar refractivity (Wildman–Crippen MR) is 64.2 cm³/mol. The summed E-state index contributed by atoms with van der Waals surface area (Å²) in [5.74, 6) is 0.483. The van der Waals surface area contributed by atoms with Gasteiger partial charge in [-0.3, -0.25) is 0 Å². The van der Waals surface area contributed by atoms with Gasteiger partial charge in [0.1, 0.15) is 18.2 Å². The largest absolute Gasteiger partial charge is 0.489 e. The van der Waals surface area contributed by atoms with Gasteiger partial charge in [0.05, 0.1) is 0 Å². The molecule has 88 valence electrons. The first kappa shape index (κ1) is 12.7. The number of ether oxygens (including phenoxy) is 1. The lowest BCUT2D eigenvalue weighted by molar-refractivity contribution is 0.353. The van der Waals surface area contributed by atoms with Crippen LogP contribution in [0.1, 0.15) is 25.5 Å². The molecule has 3 heteroatoms. The maximum absolute atomic E-state index is 13.1. The zero-order valence-corrected chi connectivity index (χ0v) is 9.96. The molecule has 1 N–H and O–H groups in total. The predicted octanol–water partition coefficient (Wildman–Crippen LogP) is 3.06. The number of nitrogens with one attached hydrogen (secondary N) is 1. The Labute approximate surface area is 96.1 Å². The van der Waals surface area contributed by atoms with Crippen molar-refractivity contribution in [3.63, 3.8) is 0 Å². The highest BCUT2D eigenvalue weighted by atomic mass is 19.1. The summed E-state index contributed by atoms with van der Waals surface area (Å²) < 4.78 is 18.7. The average molecular weight is 223 g/mol. The Bertz CT molecular complexity index is 363. The van der Waals surface area contributed by atoms with Crippen LogP contribution in [0.2, 0.25) is 0 Å². The SMILES string of the molecule is CC=CCOc1ccc(F)cc1C(C)NC. The van der Waals surface area contributed by atoms with E-state index < -0.39 is 0 Å². The molecule has 1 aromatic carbocycles. The molecule has 0 aliphatic heterocycles. The number of halogens is 1. The third kappa shape index (κ3) is 3.35. The lowest BCUT2D eigenvalue weighted by Crippen LogP contribution is -2.14. The summed E-state index contributed by atoms with van der Waals surface area (Å²) in [7, 11) is 1.84. The lowest BCUT2D eigenvalue weighted by Gasteiger charge is -2.15. The van der Waals surface area contributed by atoms with Gasteiger partial charge in [-0.1, -0.05) is 12.2 Å². The van der Waals surface area contributed by atoms with Crippen LogP contribution in [0.4, 0.5) is 4.39 Å². The number of hydrogen-bond donors (Lipinski definition) is 1. The van der Waals surface area contributed by atoms with Gasteiger partial charge in [0, 0.05) is 11.6 Å². The molecule has 0 aromatic heterocycles. The van der Waals surface area contributed by atoms with Crippen molar-refractivity contribution >= 4 is 0 Å². The second-order valence-corrected chi connectivity index (χ2v) is 3.57. The average Bonchev–Trinajstić information content (AvgIpc) is 2.30. The minimum absolute atomic E-state index is 0.0660. The fraction of sp³-hybridized carbons (Fsp3) is 0.385. The molecular weight excluding hydrogens is 205 g/mol. The number of benzene rings is 1. The van der Waals surface area contributed by atoms with Crippen LogP contribution in [0.25, 0.3) is 0 Å². The molecule has 2 nitrogen and oxygen atoms in total. The fourth-order valence-electron chi connectivity index (χ4n) is 1.38. The minimum atomic E-state index is -0.240. The summed E-state index contributed by atoms with van der Waals surface area (Å²) in [4.78, 5) is 0. The van der Waals surface area contributed by atoms with E-state index in [9.17, 15) is 4.39 Å². The lowest BCUT2D eigenvalue weighted by atomic mass is 10.1. The first-order valence-electron chi connectivity index (χ1n) is 5.39. The molecule has 0 amide bonds. The number of hydrogen-bond acceptors (Lipinski definition) is 2. The van der Waals surface area contributed by atoms with Crippen molar-refractivity contribution in [3.8, 4) is 5.75 Å². The smallest absolute Gasteiger partial charge is 0.124 e. The van der Waals surface area contributed by atoms with Crippen molar-refractivity contribution in [2.24, 2.45) is 0 Å². The summed E-state index contributed by atoms with van der Waals surface area (Å²) in [5, 5.41) is 3.07. The van der Waals surface area contributed by atoms with E-state index >= 15 is 0 Å². The van der Waals surface area contributed by atoms with Crippen LogP contribution in [0, 0.1) is 5.82 Å². The summed E-state index contributed by atoms with van der Waals surface area (Å²) in [6.07, 6.45) is 3.84. The molecule has 0 spiro atoms. The van der Waals surface area contributed by atoms with Crippen molar-refractivity contribution in [1.29, 1.82) is 0 Å². The van der Waals surface area contributed by atoms with E-state index in [1.54, 1.807) is 6.07 Å². The van der Waals surface area contributed by atoms with E-state index in [0.29, 0.717) is 6.61 Å². The summed E-state index contributed by atoms with van der Waals surface area (Å²) in [6, 6.07) is 4.65. The van der Waals surface area contributed by atoms with Gasteiger partial charge in [-0.25, -0.2) is 4.39 Å². The van der Waals surface area contributed by atoms with Crippen LogP contribution in [0.3, 0.4) is 0 Å². The van der Waals surface area contributed by atoms with Gasteiger partial charge in [0.15, 0.2) is 0 Å². The van der Waals surface area contributed by atoms with E-state index in [1.165, 1.54) is 12.1 Å². The maximum atomic E-state index is 13.1. The molecule has 0 saturated heterocycles. The molecule has 0 bridgehead atoms. The van der Waals surface area contributed by atoms with Gasteiger partial charge < -0.3 is 10.1 Å². The summed E-state index contributed by atoms with van der Waals surface area (Å²) in [5.41, 5.74) is 0.840. The molecule has 1 rings (SSSR count). The van der Waals surface area contributed by atoms with Gasteiger partial charge in [-0.2, -0.15) is 0 Å². The topological polar surface area (TPSA) is 21.3 Å². The quantitative estimate of drug-likeness (QED) is 0.775. The Hall–Kier alpha value is -1.35. The Morgan fingerprint density at radius 2 is 2.25 bits per heavy atom. The zero-order valence-electron chi connectivity index (χ0n) is 9.96. The van der Waals surface area contributed by atoms with Crippen molar-refractivity contribution in [2.75, 3.05) is 13.7 Å². The van der Waals surface area contributed by atoms with E-state index in [4.69, 9.17) is 4.74 Å². The van der Waals surface area contributed by atoms with Crippen molar-refractivity contribution in [1.82, 2.24) is 5.32 Å². The van der Waals surface area contributed by atoms with Crippen molar-refractivity contribution in [2.45, 2.75) is 19.9 Å². The maximum Gasteiger partial charge on any atom is 0.124 e. The van der Waals surface area contributed by atoms with Crippen LogP contribution in [-0.4, -0.2) is 13.7 Å². The van der Waals surface area contributed by atoms with E-state index in [0.717, 1.165) is 11.3 Å². The summed E-state index contributed by atoms with van der Waals surface area (Å²) in [6.45, 7) is 4.41. The van der Waals surface area contributed by atoms with Crippen molar-refractivity contribution < 1.29 is 9.13 Å². The molecule has 16 heavy (non-hydrogen) atoms. The number of allylic oxidation sites excluding steroid dienone is 1. The van der Waals surface area contributed by atoms with Crippen LogP contribution in [-0.2, 0) is 0 Å². The Kier molecular flexibility index (Phi) is 4.99. The van der Waals surface area contributed by atoms with Crippen LogP contribution in [0.5, 0.6) is 5.75 Å². The van der Waals surface area contributed by atoms with Gasteiger partial charge in [-0.15, -0.1) is 0 Å². The summed E-state index contributed by atoms with van der Waals surface area (Å²) >= 11 is 0. The number of rotatable bonds is 5. The second-order valence-electron chi connectivity index (χ2n) is 3.57. The van der Waals surface area contributed by atoms with Gasteiger partial charge >= 0.3 is 0 Å². The van der Waals surface area contributed by atoms with E-state index in [1.807, 2.05) is 33.0 Å². The molecule has 0 radical (unpaired) electrons. The first-order valence-corrected chi connectivity index (χ1v) is 5.39. The molecule has 0 aliphatic carbocycles. The highest BCUT2D eigenvalue weighted by molar-refractivity contribution is 5.36. The van der Waals surface area contributed by atoms with E-state index in [2.05, 4.69) is 5.32 Å². The molecule has 1 unspecified atom stereocenters. The van der Waals surface area contributed by atoms with Crippen LogP contribution < -0.4 is 10.1 Å². The molecule has 0 saturated carbocycles. The molecule has 0 aliphatic rings. The van der Waals surface area contributed by atoms with Crippen molar-refractivity contribution in [3.05, 3.63) is 41.7 Å². The third-order valence-corrected chi connectivity index (χ3v) is 2.44. The Balaban J connectivity index is 2.88. The molecule has 0 fully saturated rings. The highest BCUT2D eigenvalue weighted by Gasteiger charge is 2.10. The molecule has 0 heterocycles. The van der Waals surface area contributed by atoms with E-state index in [-0.39, 0.29) is 11.9 Å². The van der Waals surface area contributed by atoms with Gasteiger partial charge in [0.25, 0.3) is 0 Å². The monoisotopic (exact) mass is 223 g/mol. The van der Waals surface area contributed by atoms with Crippen LogP contribution in [0.15, 0.2) is 30.4 Å². The zero-order chi connectivity index (χ0) is 12.0. The van der Waals surface area contributed by atoms with Gasteiger partial charge in [-0.05, 0) is 39.1 Å². The minimum Gasteiger partial charge on any atom is -0.489 e. The molecule has 1 atom stereocenters. The second kappa shape index (κ2) is 6.28. The first-order chi connectivity index (χ1) is 7.69. The van der Waals surface area contributed by atoms with Gasteiger partial charge in [0.2, 0.25) is 0 Å². The highest BCUT2D eigenvalue weighted by Crippen LogP contribution is 2.25. The third-order valence-electron chi connectivity index (χ3n) is 2.44. The van der Waals surface area contributed by atoms with Crippen LogP contribution >= 0.6 is 0 Å².